The average molecular weight is 1190 g/mol. The van der Waals surface area contributed by atoms with E-state index in [0.29, 0.717) is 136 Å². The summed E-state index contributed by atoms with van der Waals surface area (Å²) in [6, 6.07) is 16.0. The van der Waals surface area contributed by atoms with Crippen molar-refractivity contribution in [1.82, 2.24) is 55.3 Å². The number of phenolic OH excluding ortho intramolecular Hbond substituents is 2. The van der Waals surface area contributed by atoms with Gasteiger partial charge in [0.15, 0.2) is 17.1 Å². The molecule has 4 aromatic carbocycles. The van der Waals surface area contributed by atoms with Gasteiger partial charge in [-0.15, -0.1) is 12.8 Å². The standard InChI is InChI=1S/C67H67F2N13O6/c1-3-45-54(68)11-5-38-23-43(83)25-50(57(38)45)56-12-10-47-60(73-56)75-65(77-62(47)81-30-39-6-7-40(31-81)71-39)88-37-67(35-80-17-21-86-22-18-80)28-53(67)48-27-55(69)46(4-2)58-49(48)24-44(84)26-51(58)59-70-29-52-61(74-59)76-64(78-63(52)82-32-41-8-9-42(33-82)72-41)87-36-66(13-14-66)34-79-15-19-85-20-16-79/h1-2,5,10-12,23-27,29,39-42,53,71-72,83-84H,6-9,13-22,28,30-37H2. The summed E-state index contributed by atoms with van der Waals surface area (Å²) < 4.78 is 57.5. The van der Waals surface area contributed by atoms with E-state index >= 15 is 8.78 Å². The molecule has 6 atom stereocenters. The Balaban J connectivity index is 0.767. The van der Waals surface area contributed by atoms with Gasteiger partial charge in [0.25, 0.3) is 0 Å². The van der Waals surface area contributed by atoms with Crippen LogP contribution in [0.3, 0.4) is 0 Å². The molecule has 19 nitrogen and oxygen atoms in total. The molecule has 2 aliphatic carbocycles. The lowest BCUT2D eigenvalue weighted by Gasteiger charge is -2.34. The molecule has 6 aliphatic heterocycles. The summed E-state index contributed by atoms with van der Waals surface area (Å²) in [4.78, 5) is 44.8. The van der Waals surface area contributed by atoms with Crippen molar-refractivity contribution in [3.8, 4) is 70.9 Å². The van der Waals surface area contributed by atoms with E-state index in [1.54, 1.807) is 30.5 Å². The Kier molecular flexibility index (Phi) is 13.7. The number of aromatic nitrogens is 7. The largest absolute Gasteiger partial charge is 0.508 e. The molecule has 0 spiro atoms. The molecule has 4 aromatic heterocycles. The van der Waals surface area contributed by atoms with Gasteiger partial charge in [-0.2, -0.15) is 19.9 Å². The van der Waals surface area contributed by atoms with Crippen LogP contribution >= 0.6 is 0 Å². The van der Waals surface area contributed by atoms with Gasteiger partial charge >= 0.3 is 12.0 Å². The first-order valence-electron chi connectivity index (χ1n) is 30.9. The Bertz CT molecular complexity index is 4200. The zero-order chi connectivity index (χ0) is 59.4. The predicted molar refractivity (Wildman–Crippen MR) is 329 cm³/mol. The molecule has 450 valence electrons. The Labute approximate surface area is 507 Å². The van der Waals surface area contributed by atoms with Gasteiger partial charge in [0.05, 0.1) is 67.2 Å². The zero-order valence-corrected chi connectivity index (χ0v) is 48.8. The Morgan fingerprint density at radius 1 is 0.614 bits per heavy atom. The summed E-state index contributed by atoms with van der Waals surface area (Å²) in [5.74, 6) is 5.24. The maximum absolute atomic E-state index is 17.2. The van der Waals surface area contributed by atoms with Crippen molar-refractivity contribution in [2.45, 2.75) is 75.0 Å². The van der Waals surface area contributed by atoms with Gasteiger partial charge in [-0.25, -0.2) is 23.7 Å². The van der Waals surface area contributed by atoms with E-state index < -0.39 is 17.0 Å². The van der Waals surface area contributed by atoms with Crippen LogP contribution in [0.15, 0.2) is 60.8 Å². The number of rotatable bonds is 15. The smallest absolute Gasteiger partial charge is 0.320 e. The molecule has 16 rings (SSSR count). The first-order chi connectivity index (χ1) is 42.9. The fourth-order valence-electron chi connectivity index (χ4n) is 15.1. The number of halogens is 2. The van der Waals surface area contributed by atoms with Crippen LogP contribution in [0.4, 0.5) is 20.4 Å². The highest BCUT2D eigenvalue weighted by Gasteiger charge is 2.57. The average Bonchev–Trinajstić information content (AvgIpc) is 1.53. The van der Waals surface area contributed by atoms with E-state index in [-0.39, 0.29) is 70.5 Å². The number of morpholine rings is 2. The number of hydrogen-bond donors (Lipinski definition) is 4. The maximum Gasteiger partial charge on any atom is 0.320 e. The number of fused-ring (bicyclic) bond motifs is 8. The van der Waals surface area contributed by atoms with E-state index in [2.05, 4.69) is 42.1 Å². The lowest BCUT2D eigenvalue weighted by molar-refractivity contribution is 0.0223. The highest BCUT2D eigenvalue weighted by atomic mass is 19.1. The van der Waals surface area contributed by atoms with Crippen LogP contribution < -0.4 is 29.9 Å². The molecule has 21 heteroatoms. The van der Waals surface area contributed by atoms with Gasteiger partial charge in [0.2, 0.25) is 0 Å². The Morgan fingerprint density at radius 2 is 1.20 bits per heavy atom. The molecule has 0 amide bonds. The molecular weight excluding hydrogens is 1120 g/mol. The minimum Gasteiger partial charge on any atom is -0.508 e. The fraction of sp³-hybridized carbons (Fsp3) is 0.448. The summed E-state index contributed by atoms with van der Waals surface area (Å²) >= 11 is 0. The van der Waals surface area contributed by atoms with E-state index in [0.717, 1.165) is 97.6 Å². The first kappa shape index (κ1) is 55.2. The number of nitrogens with one attached hydrogen (secondary N) is 2. The molecule has 4 N–H and O–H groups in total. The van der Waals surface area contributed by atoms with Crippen LogP contribution in [-0.4, -0.2) is 184 Å². The van der Waals surface area contributed by atoms with Gasteiger partial charge < -0.3 is 49.6 Å². The molecule has 4 bridgehead atoms. The molecule has 88 heavy (non-hydrogen) atoms. The van der Waals surface area contributed by atoms with Crippen molar-refractivity contribution in [2.24, 2.45) is 10.8 Å². The topological polar surface area (TPSA) is 205 Å². The predicted octanol–water partition coefficient (Wildman–Crippen LogP) is 7.31. The number of nitrogens with zero attached hydrogens (tertiary/aromatic N) is 11. The molecule has 10 heterocycles. The van der Waals surface area contributed by atoms with Crippen molar-refractivity contribution in [3.63, 3.8) is 0 Å². The monoisotopic (exact) mass is 1190 g/mol. The van der Waals surface area contributed by atoms with Crippen molar-refractivity contribution in [3.05, 3.63) is 89.1 Å². The molecule has 0 radical (unpaired) electrons. The second kappa shape index (κ2) is 21.9. The van der Waals surface area contributed by atoms with Gasteiger partial charge in [-0.1, -0.05) is 17.9 Å². The lowest BCUT2D eigenvalue weighted by atomic mass is 9.89. The van der Waals surface area contributed by atoms with Crippen LogP contribution in [-0.2, 0) is 9.47 Å². The van der Waals surface area contributed by atoms with Crippen molar-refractivity contribution in [1.29, 1.82) is 0 Å². The van der Waals surface area contributed by atoms with Gasteiger partial charge in [0, 0.05) is 129 Å². The molecular formula is C67H67F2N13O6. The van der Waals surface area contributed by atoms with Crippen LogP contribution in [0.25, 0.3) is 66.3 Å². The SMILES string of the molecule is C#Cc1c(F)ccc2cc(O)cc(-c3ccc4c(N5CC6CCC(C5)N6)nc(OCC5(CN6CCOCC6)CC5c5cc(F)c(C#C)c6c(-c7ncc8c(N9CC%10CCC(C9)N%10)nc(OCC9(CN%10CCOCC%10)CC9)nc8n7)cc(O)cc56)nc4n3)c12. The third kappa shape index (κ3) is 10.1. The van der Waals surface area contributed by atoms with Crippen molar-refractivity contribution in [2.75, 3.05) is 115 Å². The summed E-state index contributed by atoms with van der Waals surface area (Å²) in [7, 11) is 0. The number of hydrogen-bond acceptors (Lipinski definition) is 19. The van der Waals surface area contributed by atoms with Crippen molar-refractivity contribution < 1.29 is 37.9 Å². The highest BCUT2D eigenvalue weighted by molar-refractivity contribution is 6.04. The zero-order valence-electron chi connectivity index (χ0n) is 48.8. The number of ether oxygens (including phenoxy) is 4. The fourth-order valence-corrected chi connectivity index (χ4v) is 15.1. The molecule has 8 aromatic rings. The minimum atomic E-state index is -0.605. The number of pyridine rings is 1. The summed E-state index contributed by atoms with van der Waals surface area (Å²) in [6.07, 6.45) is 20.9. The quantitative estimate of drug-likeness (QED) is 0.0743. The van der Waals surface area contributed by atoms with Crippen LogP contribution in [0.5, 0.6) is 23.5 Å². The Morgan fingerprint density at radius 3 is 1.85 bits per heavy atom. The number of terminal acetylenes is 2. The minimum absolute atomic E-state index is 0.00744. The molecule has 2 saturated carbocycles. The summed E-state index contributed by atoms with van der Waals surface area (Å²) in [6.45, 7) is 10.8. The van der Waals surface area contributed by atoms with E-state index in [9.17, 15) is 10.2 Å². The van der Waals surface area contributed by atoms with Crippen LogP contribution in [0, 0.1) is 47.2 Å². The van der Waals surface area contributed by atoms with Crippen LogP contribution in [0.1, 0.15) is 67.6 Å². The second-order valence-electron chi connectivity index (χ2n) is 25.8. The second-order valence-corrected chi connectivity index (χ2v) is 25.8. The first-order valence-corrected chi connectivity index (χ1v) is 30.9. The number of piperazine rings is 2. The number of benzene rings is 4. The normalized spacial score (nSPS) is 24.9. The highest BCUT2D eigenvalue weighted by Crippen LogP contribution is 2.62. The molecule has 8 fully saturated rings. The van der Waals surface area contributed by atoms with E-state index in [1.807, 2.05) is 12.1 Å². The lowest BCUT2D eigenvalue weighted by Crippen LogP contribution is -2.51. The number of phenols is 2. The van der Waals surface area contributed by atoms with Crippen LogP contribution in [0.2, 0.25) is 0 Å². The number of aromatic hydroxyl groups is 2. The summed E-state index contributed by atoms with van der Waals surface area (Å²) in [5, 5.41) is 33.6. The van der Waals surface area contributed by atoms with E-state index in [4.69, 9.17) is 66.7 Å². The third-order valence-electron chi connectivity index (χ3n) is 19.8. The Hall–Kier alpha value is -8.15. The molecule has 6 saturated heterocycles. The van der Waals surface area contributed by atoms with Gasteiger partial charge in [-0.05, 0) is 116 Å². The summed E-state index contributed by atoms with van der Waals surface area (Å²) in [5.41, 5.74) is 2.09. The molecule has 8 aliphatic rings. The maximum atomic E-state index is 17.2. The number of anilines is 2. The van der Waals surface area contributed by atoms with Gasteiger partial charge in [0.1, 0.15) is 34.8 Å². The van der Waals surface area contributed by atoms with Gasteiger partial charge in [-0.3, -0.25) is 9.80 Å². The van der Waals surface area contributed by atoms with Crippen molar-refractivity contribution >= 4 is 55.2 Å². The van der Waals surface area contributed by atoms with E-state index in [1.165, 1.54) is 18.2 Å². The third-order valence-corrected chi connectivity index (χ3v) is 19.8. The molecule has 6 unspecified atom stereocenters.